The molecule has 4 heteroatoms. The monoisotopic (exact) mass is 278 g/mol. The van der Waals surface area contributed by atoms with Crippen LogP contribution in [0, 0.1) is 0 Å². The van der Waals surface area contributed by atoms with E-state index in [2.05, 4.69) is 5.32 Å². The SMILES string of the molecule is NC(CC(=O)NCC1CCCCS1)c1ccccc1. The van der Waals surface area contributed by atoms with Gasteiger partial charge in [0.25, 0.3) is 0 Å². The molecule has 2 unspecified atom stereocenters. The Hall–Kier alpha value is -1.00. The highest BCUT2D eigenvalue weighted by molar-refractivity contribution is 7.99. The van der Waals surface area contributed by atoms with Crippen LogP contribution in [0.15, 0.2) is 30.3 Å². The van der Waals surface area contributed by atoms with Crippen LogP contribution in [0.3, 0.4) is 0 Å². The number of nitrogens with one attached hydrogen (secondary N) is 1. The zero-order chi connectivity index (χ0) is 13.5. The van der Waals surface area contributed by atoms with Crippen molar-refractivity contribution in [2.24, 2.45) is 5.73 Å². The Kier molecular flexibility index (Phi) is 5.73. The number of hydrogen-bond acceptors (Lipinski definition) is 3. The number of amides is 1. The lowest BCUT2D eigenvalue weighted by Crippen LogP contribution is -2.33. The van der Waals surface area contributed by atoms with Crippen LogP contribution in [0.25, 0.3) is 0 Å². The van der Waals surface area contributed by atoms with Gasteiger partial charge in [0, 0.05) is 24.3 Å². The maximum absolute atomic E-state index is 11.9. The molecule has 2 rings (SSSR count). The normalized spacial score (nSPS) is 20.8. The zero-order valence-electron chi connectivity index (χ0n) is 11.2. The van der Waals surface area contributed by atoms with Crippen molar-refractivity contribution < 1.29 is 4.79 Å². The molecule has 19 heavy (non-hydrogen) atoms. The summed E-state index contributed by atoms with van der Waals surface area (Å²) >= 11 is 1.97. The lowest BCUT2D eigenvalue weighted by Gasteiger charge is -2.21. The van der Waals surface area contributed by atoms with Crippen molar-refractivity contribution in [3.63, 3.8) is 0 Å². The summed E-state index contributed by atoms with van der Waals surface area (Å²) < 4.78 is 0. The Morgan fingerprint density at radius 2 is 2.16 bits per heavy atom. The van der Waals surface area contributed by atoms with Gasteiger partial charge in [-0.1, -0.05) is 36.8 Å². The quantitative estimate of drug-likeness (QED) is 0.870. The highest BCUT2D eigenvalue weighted by Gasteiger charge is 2.16. The van der Waals surface area contributed by atoms with Crippen molar-refractivity contribution >= 4 is 17.7 Å². The van der Waals surface area contributed by atoms with Gasteiger partial charge >= 0.3 is 0 Å². The van der Waals surface area contributed by atoms with E-state index < -0.39 is 0 Å². The molecule has 0 saturated carbocycles. The summed E-state index contributed by atoms with van der Waals surface area (Å²) in [5.74, 6) is 1.28. The van der Waals surface area contributed by atoms with Gasteiger partial charge in [-0.25, -0.2) is 0 Å². The van der Waals surface area contributed by atoms with E-state index in [1.54, 1.807) is 0 Å². The first-order chi connectivity index (χ1) is 9.25. The largest absolute Gasteiger partial charge is 0.355 e. The van der Waals surface area contributed by atoms with Gasteiger partial charge in [-0.15, -0.1) is 0 Å². The number of benzene rings is 1. The molecule has 0 bridgehead atoms. The van der Waals surface area contributed by atoms with Crippen molar-refractivity contribution in [3.05, 3.63) is 35.9 Å². The third-order valence-corrected chi connectivity index (χ3v) is 4.83. The Morgan fingerprint density at radius 1 is 1.37 bits per heavy atom. The summed E-state index contributed by atoms with van der Waals surface area (Å²) in [7, 11) is 0. The van der Waals surface area contributed by atoms with E-state index in [0.717, 1.165) is 12.1 Å². The van der Waals surface area contributed by atoms with E-state index in [4.69, 9.17) is 5.73 Å². The minimum atomic E-state index is -0.208. The van der Waals surface area contributed by atoms with Gasteiger partial charge < -0.3 is 11.1 Å². The van der Waals surface area contributed by atoms with Crippen LogP contribution < -0.4 is 11.1 Å². The Labute approximate surface area is 119 Å². The van der Waals surface area contributed by atoms with Crippen LogP contribution in [0.2, 0.25) is 0 Å². The highest BCUT2D eigenvalue weighted by Crippen LogP contribution is 2.24. The molecule has 0 radical (unpaired) electrons. The maximum Gasteiger partial charge on any atom is 0.221 e. The van der Waals surface area contributed by atoms with Crippen molar-refractivity contribution in [2.45, 2.75) is 37.0 Å². The molecule has 1 aromatic carbocycles. The number of hydrogen-bond donors (Lipinski definition) is 2. The molecule has 1 aromatic rings. The standard InChI is InChI=1S/C15H22N2OS/c16-14(12-6-2-1-3-7-12)10-15(18)17-11-13-8-4-5-9-19-13/h1-3,6-7,13-14H,4-5,8-11,16H2,(H,17,18). The number of thioether (sulfide) groups is 1. The van der Waals surface area contributed by atoms with Gasteiger partial charge in [-0.05, 0) is 24.2 Å². The van der Waals surface area contributed by atoms with Gasteiger partial charge in [-0.2, -0.15) is 11.8 Å². The summed E-state index contributed by atoms with van der Waals surface area (Å²) in [6, 6.07) is 9.58. The first kappa shape index (κ1) is 14.4. The third kappa shape index (κ3) is 4.88. The van der Waals surface area contributed by atoms with Crippen LogP contribution in [0.4, 0.5) is 0 Å². The fourth-order valence-electron chi connectivity index (χ4n) is 2.29. The smallest absolute Gasteiger partial charge is 0.221 e. The molecule has 1 amide bonds. The predicted molar refractivity (Wildman–Crippen MR) is 81.1 cm³/mol. The van der Waals surface area contributed by atoms with Gasteiger partial charge in [0.1, 0.15) is 0 Å². The highest BCUT2D eigenvalue weighted by atomic mass is 32.2. The molecule has 1 saturated heterocycles. The molecule has 1 heterocycles. The fraction of sp³-hybridized carbons (Fsp3) is 0.533. The number of carbonyl (C=O) groups is 1. The zero-order valence-corrected chi connectivity index (χ0v) is 12.0. The summed E-state index contributed by atoms with van der Waals surface area (Å²) in [6.45, 7) is 0.783. The molecule has 0 aliphatic carbocycles. The van der Waals surface area contributed by atoms with Crippen molar-refractivity contribution in [1.29, 1.82) is 0 Å². The fourth-order valence-corrected chi connectivity index (χ4v) is 3.52. The lowest BCUT2D eigenvalue weighted by atomic mass is 10.0. The second kappa shape index (κ2) is 7.56. The third-order valence-electron chi connectivity index (χ3n) is 3.43. The summed E-state index contributed by atoms with van der Waals surface area (Å²) in [6.07, 6.45) is 4.18. The number of carbonyl (C=O) groups excluding carboxylic acids is 1. The molecular weight excluding hydrogens is 256 g/mol. The van der Waals surface area contributed by atoms with Crippen LogP contribution >= 0.6 is 11.8 Å². The van der Waals surface area contributed by atoms with Gasteiger partial charge in [0.15, 0.2) is 0 Å². The van der Waals surface area contributed by atoms with Gasteiger partial charge in [0.2, 0.25) is 5.91 Å². The predicted octanol–water partition coefficient (Wildman–Crippen LogP) is 2.48. The van der Waals surface area contributed by atoms with Crippen LogP contribution in [0.5, 0.6) is 0 Å². The topological polar surface area (TPSA) is 55.1 Å². The summed E-state index contributed by atoms with van der Waals surface area (Å²) in [4.78, 5) is 11.9. The Bertz CT molecular complexity index is 390. The van der Waals surface area contributed by atoms with Crippen molar-refractivity contribution in [3.8, 4) is 0 Å². The summed E-state index contributed by atoms with van der Waals surface area (Å²) in [5.41, 5.74) is 7.06. The molecule has 3 N–H and O–H groups in total. The van der Waals surface area contributed by atoms with Crippen molar-refractivity contribution in [2.75, 3.05) is 12.3 Å². The molecular formula is C15H22N2OS. The van der Waals surface area contributed by atoms with Crippen LogP contribution in [-0.2, 0) is 4.79 Å². The van der Waals surface area contributed by atoms with E-state index >= 15 is 0 Å². The number of nitrogens with two attached hydrogens (primary N) is 1. The molecule has 1 aliphatic heterocycles. The minimum absolute atomic E-state index is 0.0579. The van der Waals surface area contributed by atoms with E-state index in [1.165, 1.54) is 25.0 Å². The van der Waals surface area contributed by atoms with E-state index in [-0.39, 0.29) is 11.9 Å². The first-order valence-electron chi connectivity index (χ1n) is 6.94. The van der Waals surface area contributed by atoms with Gasteiger partial charge in [0.05, 0.1) is 0 Å². The Morgan fingerprint density at radius 3 is 2.84 bits per heavy atom. The van der Waals surface area contributed by atoms with E-state index in [0.29, 0.717) is 11.7 Å². The molecule has 1 aliphatic rings. The van der Waals surface area contributed by atoms with Crippen LogP contribution in [0.1, 0.15) is 37.3 Å². The van der Waals surface area contributed by atoms with Gasteiger partial charge in [-0.3, -0.25) is 4.79 Å². The van der Waals surface area contributed by atoms with Crippen LogP contribution in [-0.4, -0.2) is 23.5 Å². The molecule has 1 fully saturated rings. The average Bonchev–Trinajstić information content (AvgIpc) is 2.47. The van der Waals surface area contributed by atoms with Crippen molar-refractivity contribution in [1.82, 2.24) is 5.32 Å². The maximum atomic E-state index is 11.9. The molecule has 2 atom stereocenters. The second-order valence-electron chi connectivity index (χ2n) is 5.01. The molecule has 0 aromatic heterocycles. The first-order valence-corrected chi connectivity index (χ1v) is 7.99. The summed E-state index contributed by atoms with van der Waals surface area (Å²) in [5, 5.41) is 3.60. The average molecular weight is 278 g/mol. The molecule has 104 valence electrons. The number of rotatable bonds is 5. The van der Waals surface area contributed by atoms with E-state index in [9.17, 15) is 4.79 Å². The molecule has 0 spiro atoms. The van der Waals surface area contributed by atoms with E-state index in [1.807, 2.05) is 42.1 Å². The minimum Gasteiger partial charge on any atom is -0.355 e. The second-order valence-corrected chi connectivity index (χ2v) is 6.42. The Balaban J connectivity index is 1.71. The molecule has 3 nitrogen and oxygen atoms in total. The lowest BCUT2D eigenvalue weighted by molar-refractivity contribution is -0.121.